The smallest absolute Gasteiger partial charge is 0.391 e. The van der Waals surface area contributed by atoms with Gasteiger partial charge in [-0.1, -0.05) is 84.9 Å². The van der Waals surface area contributed by atoms with Gasteiger partial charge in [-0.15, -0.1) is 0 Å². The molecule has 0 saturated heterocycles. The Labute approximate surface area is 138 Å². The first-order valence-corrected chi connectivity index (χ1v) is 9.44. The minimum absolute atomic E-state index is 1.10. The lowest BCUT2D eigenvalue weighted by molar-refractivity contribution is 0.273. The summed E-state index contributed by atoms with van der Waals surface area (Å²) in [5.41, 5.74) is 2.33. The summed E-state index contributed by atoms with van der Waals surface area (Å²) in [4.78, 5) is 0. The lowest BCUT2D eigenvalue weighted by Crippen LogP contribution is -2.62. The Bertz CT molecular complexity index is 753. The maximum absolute atomic E-state index is 6.04. The van der Waals surface area contributed by atoms with Gasteiger partial charge in [0.05, 0.1) is 0 Å². The highest BCUT2D eigenvalue weighted by atomic mass is 28.4. The lowest BCUT2D eigenvalue weighted by Gasteiger charge is -2.30. The predicted molar refractivity (Wildman–Crippen MR) is 97.4 cm³/mol. The monoisotopic (exact) mass is 320 g/mol. The molecule has 0 fully saturated rings. The molecule has 116 valence electrons. The zero-order chi connectivity index (χ0) is 16.1. The Morgan fingerprint density at radius 3 is 1.74 bits per heavy atom. The van der Waals surface area contributed by atoms with Gasteiger partial charge in [-0.2, -0.15) is 0 Å². The summed E-state index contributed by atoms with van der Waals surface area (Å²) in [6.07, 6.45) is 0. The zero-order valence-electron chi connectivity index (χ0n) is 13.4. The second-order valence-corrected chi connectivity index (χ2v) is 8.47. The molecular formula is C20H20O2Si. The average Bonchev–Trinajstić information content (AvgIpc) is 2.65. The third kappa shape index (κ3) is 2.86. The van der Waals surface area contributed by atoms with Crippen LogP contribution in [0.4, 0.5) is 0 Å². The van der Waals surface area contributed by atoms with E-state index < -0.39 is 8.56 Å². The summed E-state index contributed by atoms with van der Waals surface area (Å²) >= 11 is 0. The fraction of sp³-hybridized carbons (Fsp3) is 0.100. The number of benzene rings is 3. The van der Waals surface area contributed by atoms with Crippen LogP contribution in [0.25, 0.3) is 11.1 Å². The van der Waals surface area contributed by atoms with Crippen molar-refractivity contribution in [2.75, 3.05) is 14.2 Å². The highest BCUT2D eigenvalue weighted by Crippen LogP contribution is 2.21. The number of rotatable bonds is 5. The van der Waals surface area contributed by atoms with Gasteiger partial charge in [0.15, 0.2) is 0 Å². The van der Waals surface area contributed by atoms with Crippen molar-refractivity contribution in [3.8, 4) is 11.1 Å². The molecule has 23 heavy (non-hydrogen) atoms. The molecule has 3 aromatic carbocycles. The summed E-state index contributed by atoms with van der Waals surface area (Å²) < 4.78 is 12.1. The molecule has 0 atom stereocenters. The third-order valence-corrected chi connectivity index (χ3v) is 7.48. The molecule has 0 aliphatic rings. The van der Waals surface area contributed by atoms with Crippen LogP contribution < -0.4 is 10.4 Å². The molecule has 0 aromatic heterocycles. The van der Waals surface area contributed by atoms with Gasteiger partial charge >= 0.3 is 8.56 Å². The van der Waals surface area contributed by atoms with E-state index in [1.165, 1.54) is 5.56 Å². The molecule has 0 radical (unpaired) electrons. The van der Waals surface area contributed by atoms with E-state index in [0.717, 1.165) is 15.9 Å². The molecular weight excluding hydrogens is 300 g/mol. The molecule has 3 aromatic rings. The second-order valence-electron chi connectivity index (χ2n) is 5.30. The van der Waals surface area contributed by atoms with Crippen LogP contribution in [-0.2, 0) is 8.85 Å². The van der Waals surface area contributed by atoms with Crippen LogP contribution in [-0.4, -0.2) is 22.8 Å². The molecule has 0 bridgehead atoms. The Balaban J connectivity index is 2.23. The van der Waals surface area contributed by atoms with E-state index in [0.29, 0.717) is 0 Å². The number of hydrogen-bond donors (Lipinski definition) is 0. The normalized spacial score (nSPS) is 11.4. The highest BCUT2D eigenvalue weighted by molar-refractivity contribution is 6.93. The van der Waals surface area contributed by atoms with E-state index in [1.54, 1.807) is 14.2 Å². The van der Waals surface area contributed by atoms with E-state index in [4.69, 9.17) is 8.85 Å². The Kier molecular flexibility index (Phi) is 4.72. The van der Waals surface area contributed by atoms with Gasteiger partial charge in [0.1, 0.15) is 0 Å². The van der Waals surface area contributed by atoms with Crippen molar-refractivity contribution in [3.05, 3.63) is 84.9 Å². The summed E-state index contributed by atoms with van der Waals surface area (Å²) in [5, 5.41) is 2.23. The van der Waals surface area contributed by atoms with Gasteiger partial charge in [0.2, 0.25) is 0 Å². The quantitative estimate of drug-likeness (QED) is 0.672. The molecule has 0 aliphatic carbocycles. The predicted octanol–water partition coefficient (Wildman–Crippen LogP) is 3.20. The van der Waals surface area contributed by atoms with Crippen molar-refractivity contribution in [3.63, 3.8) is 0 Å². The number of hydrogen-bond acceptors (Lipinski definition) is 2. The first kappa shape index (κ1) is 15.7. The molecule has 0 aliphatic heterocycles. The minimum Gasteiger partial charge on any atom is -0.391 e. The van der Waals surface area contributed by atoms with Crippen molar-refractivity contribution in [1.29, 1.82) is 0 Å². The van der Waals surface area contributed by atoms with Crippen molar-refractivity contribution >= 4 is 18.9 Å². The van der Waals surface area contributed by atoms with Gasteiger partial charge in [0, 0.05) is 19.4 Å². The van der Waals surface area contributed by atoms with Gasteiger partial charge < -0.3 is 8.85 Å². The van der Waals surface area contributed by atoms with Crippen LogP contribution in [0.2, 0.25) is 0 Å². The SMILES string of the molecule is CO[Si](OC)(c1ccccc1)c1ccccc1-c1ccccc1. The topological polar surface area (TPSA) is 18.5 Å². The van der Waals surface area contributed by atoms with E-state index in [2.05, 4.69) is 54.6 Å². The third-order valence-electron chi connectivity index (χ3n) is 4.10. The van der Waals surface area contributed by atoms with Crippen LogP contribution in [0.5, 0.6) is 0 Å². The van der Waals surface area contributed by atoms with Crippen LogP contribution in [0.3, 0.4) is 0 Å². The van der Waals surface area contributed by atoms with E-state index in [1.807, 2.05) is 30.3 Å². The maximum Gasteiger partial charge on any atom is 0.407 e. The Morgan fingerprint density at radius 1 is 0.609 bits per heavy atom. The first-order valence-electron chi connectivity index (χ1n) is 7.62. The molecule has 0 spiro atoms. The van der Waals surface area contributed by atoms with Crippen molar-refractivity contribution in [2.45, 2.75) is 0 Å². The molecule has 0 N–H and O–H groups in total. The van der Waals surface area contributed by atoms with Gasteiger partial charge in [-0.25, -0.2) is 0 Å². The second kappa shape index (κ2) is 6.92. The summed E-state index contributed by atoms with van der Waals surface area (Å²) in [5.74, 6) is 0. The molecule has 0 heterocycles. The summed E-state index contributed by atoms with van der Waals surface area (Å²) in [7, 11) is 0.758. The van der Waals surface area contributed by atoms with Gasteiger partial charge in [0.25, 0.3) is 0 Å². The summed E-state index contributed by atoms with van der Waals surface area (Å²) in [6, 6.07) is 29.0. The van der Waals surface area contributed by atoms with E-state index in [-0.39, 0.29) is 0 Å². The van der Waals surface area contributed by atoms with Gasteiger partial charge in [-0.3, -0.25) is 0 Å². The fourth-order valence-corrected chi connectivity index (χ4v) is 5.91. The Morgan fingerprint density at radius 2 is 1.13 bits per heavy atom. The van der Waals surface area contributed by atoms with Crippen molar-refractivity contribution < 1.29 is 8.85 Å². The zero-order valence-corrected chi connectivity index (χ0v) is 14.4. The fourth-order valence-electron chi connectivity index (χ4n) is 2.99. The maximum atomic E-state index is 6.04. The molecule has 2 nitrogen and oxygen atoms in total. The van der Waals surface area contributed by atoms with Crippen LogP contribution in [0.15, 0.2) is 84.9 Å². The molecule has 0 saturated carbocycles. The molecule has 3 rings (SSSR count). The average molecular weight is 320 g/mol. The Hall–Kier alpha value is -2.20. The molecule has 0 unspecified atom stereocenters. The molecule has 0 amide bonds. The minimum atomic E-state index is -2.72. The summed E-state index contributed by atoms with van der Waals surface area (Å²) in [6.45, 7) is 0. The standard InChI is InChI=1S/C20H20O2Si/c1-21-23(22-2,18-13-7-4-8-14-18)20-16-10-9-15-19(20)17-11-5-3-6-12-17/h3-16H,1-2H3. The van der Waals surface area contributed by atoms with E-state index >= 15 is 0 Å². The van der Waals surface area contributed by atoms with Crippen molar-refractivity contribution in [1.82, 2.24) is 0 Å². The lowest BCUT2D eigenvalue weighted by atomic mass is 10.1. The molecule has 3 heteroatoms. The highest BCUT2D eigenvalue weighted by Gasteiger charge is 2.42. The van der Waals surface area contributed by atoms with Gasteiger partial charge in [-0.05, 0) is 16.3 Å². The largest absolute Gasteiger partial charge is 0.407 e. The van der Waals surface area contributed by atoms with E-state index in [9.17, 15) is 0 Å². The van der Waals surface area contributed by atoms with Crippen LogP contribution >= 0.6 is 0 Å². The van der Waals surface area contributed by atoms with Crippen molar-refractivity contribution in [2.24, 2.45) is 0 Å². The van der Waals surface area contributed by atoms with Crippen LogP contribution in [0, 0.1) is 0 Å². The van der Waals surface area contributed by atoms with Crippen LogP contribution in [0.1, 0.15) is 0 Å². The first-order chi connectivity index (χ1) is 11.3.